The molecule has 0 spiro atoms. The second kappa shape index (κ2) is 17.3. The summed E-state index contributed by atoms with van der Waals surface area (Å²) in [6, 6.07) is 0. The van der Waals surface area contributed by atoms with Gasteiger partial charge in [0.05, 0.1) is 0 Å². The Balaban J connectivity index is -0.000000505. The summed E-state index contributed by atoms with van der Waals surface area (Å²) < 4.78 is 118. The number of likely N-dealkylation sites (N-methyl/N-ethyl adjacent to an activating group) is 4. The van der Waals surface area contributed by atoms with Gasteiger partial charge in [-0.15, -0.1) is 0 Å². The Morgan fingerprint density at radius 3 is 0.771 bits per heavy atom. The molecule has 0 aromatic rings. The first-order valence-electron chi connectivity index (χ1n) is 9.86. The van der Waals surface area contributed by atoms with Gasteiger partial charge in [-0.25, -0.2) is 16.8 Å². The summed E-state index contributed by atoms with van der Waals surface area (Å²) in [6.07, 6.45) is 2.56. The Kier molecular flexibility index (Phi) is 19.4. The Bertz CT molecular complexity index is 687. The summed E-state index contributed by atoms with van der Waals surface area (Å²) in [6.45, 7) is 9.63. The van der Waals surface area contributed by atoms with Crippen LogP contribution in [0.15, 0.2) is 0 Å². The Hall–Kier alpha value is -0.241. The van der Waals surface area contributed by atoms with Crippen LogP contribution in [0.2, 0.25) is 0 Å². The van der Waals surface area contributed by atoms with Crippen LogP contribution in [0.5, 0.6) is 0 Å². The third-order valence-electron chi connectivity index (χ3n) is 4.45. The fourth-order valence-corrected chi connectivity index (χ4v) is 2.35. The van der Waals surface area contributed by atoms with Crippen LogP contribution in [0, 0.1) is 0 Å². The molecule has 0 atom stereocenters. The molecule has 1 aliphatic heterocycles. The minimum absolute atomic E-state index is 0. The Labute approximate surface area is 213 Å². The molecule has 0 aromatic heterocycles. The van der Waals surface area contributed by atoms with Gasteiger partial charge in [-0.3, -0.25) is 0 Å². The first-order valence-corrected chi connectivity index (χ1v) is 12.7. The van der Waals surface area contributed by atoms with E-state index in [9.17, 15) is 26.3 Å². The minimum atomic E-state index is -6.09. The summed E-state index contributed by atoms with van der Waals surface area (Å²) in [5, 5.41) is 0. The minimum Gasteiger partial charge on any atom is -0.741 e. The first kappa shape index (κ1) is 39.3. The molecule has 0 radical (unpaired) electrons. The van der Waals surface area contributed by atoms with E-state index in [1.165, 1.54) is 65.2 Å². The third-order valence-corrected chi connectivity index (χ3v) is 5.59. The van der Waals surface area contributed by atoms with E-state index in [4.69, 9.17) is 25.9 Å². The van der Waals surface area contributed by atoms with E-state index in [0.29, 0.717) is 0 Å². The molecular formula is C16H32F6FeN4O6S2. The normalized spacial score (nSPS) is 19.8. The maximum absolute atomic E-state index is 10.7. The zero-order chi connectivity index (χ0) is 27.4. The molecule has 0 unspecified atom stereocenters. The molecule has 0 aliphatic carbocycles. The van der Waals surface area contributed by atoms with Crippen molar-refractivity contribution in [2.75, 3.05) is 80.5 Å². The van der Waals surface area contributed by atoms with Crippen molar-refractivity contribution in [2.45, 2.75) is 23.9 Å². The van der Waals surface area contributed by atoms with Gasteiger partial charge in [0, 0.05) is 26.2 Å². The van der Waals surface area contributed by atoms with Gasteiger partial charge in [0.15, 0.2) is 20.2 Å². The molecule has 1 heterocycles. The summed E-state index contributed by atoms with van der Waals surface area (Å²) in [5.41, 5.74) is -11.3. The van der Waals surface area contributed by atoms with Gasteiger partial charge < -0.3 is 28.7 Å². The van der Waals surface area contributed by atoms with Crippen molar-refractivity contribution in [3.63, 3.8) is 0 Å². The van der Waals surface area contributed by atoms with E-state index in [-0.39, 0.29) is 17.1 Å². The molecule has 214 valence electrons. The van der Waals surface area contributed by atoms with Gasteiger partial charge >= 0.3 is 28.1 Å². The summed E-state index contributed by atoms with van der Waals surface area (Å²) in [7, 11) is -3.21. The van der Waals surface area contributed by atoms with Crippen LogP contribution in [-0.4, -0.2) is 137 Å². The zero-order valence-corrected chi connectivity index (χ0v) is 22.5. The standard InChI is InChI=1S/C14H32N4.2CHF3O3S.Fe/c1-15-7-5-8-17(3)13-14-18(4)10-6-9-16(2)12-11-15;2*2-1(3,4)8(5,6)7;/h5-14H2,1-4H3;2*(H,5,6,7);/q;;;+2/p-2. The number of rotatable bonds is 0. The molecule has 19 heteroatoms. The van der Waals surface area contributed by atoms with E-state index in [1.807, 2.05) is 0 Å². The van der Waals surface area contributed by atoms with Crippen molar-refractivity contribution < 1.29 is 69.4 Å². The Morgan fingerprint density at radius 1 is 0.514 bits per heavy atom. The molecule has 35 heavy (non-hydrogen) atoms. The molecule has 1 rings (SSSR count). The van der Waals surface area contributed by atoms with Crippen LogP contribution in [0.25, 0.3) is 0 Å². The molecule has 10 nitrogen and oxygen atoms in total. The van der Waals surface area contributed by atoms with Crippen LogP contribution in [0.1, 0.15) is 12.8 Å². The van der Waals surface area contributed by atoms with Gasteiger partial charge in [0.1, 0.15) is 0 Å². The predicted octanol–water partition coefficient (Wildman–Crippen LogP) is 0.608. The molecule has 0 amide bonds. The third kappa shape index (κ3) is 21.5. The van der Waals surface area contributed by atoms with Gasteiger partial charge in [0.25, 0.3) is 0 Å². The molecule has 0 saturated carbocycles. The summed E-state index contributed by atoms with van der Waals surface area (Å²) >= 11 is 0. The van der Waals surface area contributed by atoms with Crippen LogP contribution >= 0.6 is 0 Å². The van der Waals surface area contributed by atoms with Crippen molar-refractivity contribution in [1.29, 1.82) is 0 Å². The smallest absolute Gasteiger partial charge is 0.741 e. The van der Waals surface area contributed by atoms with Crippen LogP contribution in [0.3, 0.4) is 0 Å². The van der Waals surface area contributed by atoms with Crippen molar-refractivity contribution in [3.8, 4) is 0 Å². The largest absolute Gasteiger partial charge is 2.00 e. The van der Waals surface area contributed by atoms with Gasteiger partial charge in [-0.2, -0.15) is 26.3 Å². The fourth-order valence-electron chi connectivity index (χ4n) is 2.35. The SMILES string of the molecule is CN1CCCN(C)CCN(C)CCCN(C)CC1.O=S(=O)([O-])C(F)(F)F.O=S(=O)([O-])C(F)(F)F.[Fe+2]. The topological polar surface area (TPSA) is 127 Å². The molecular weight excluding hydrogens is 578 g/mol. The predicted molar refractivity (Wildman–Crippen MR) is 111 cm³/mol. The first-order chi connectivity index (χ1) is 15.1. The number of nitrogens with zero attached hydrogens (tertiary/aromatic N) is 4. The summed E-state index contributed by atoms with van der Waals surface area (Å²) in [5.74, 6) is 0. The molecule has 0 N–H and O–H groups in total. The molecule has 0 aromatic carbocycles. The van der Waals surface area contributed by atoms with Crippen molar-refractivity contribution >= 4 is 20.2 Å². The average Bonchev–Trinajstić information content (AvgIpc) is 2.62. The summed E-state index contributed by atoms with van der Waals surface area (Å²) in [4.78, 5) is 9.84. The monoisotopic (exact) mass is 610 g/mol. The molecule has 0 bridgehead atoms. The maximum Gasteiger partial charge on any atom is 2.00 e. The van der Waals surface area contributed by atoms with E-state index in [0.717, 1.165) is 0 Å². The maximum atomic E-state index is 10.7. The van der Waals surface area contributed by atoms with Crippen molar-refractivity contribution in [2.24, 2.45) is 0 Å². The number of hydrogen-bond acceptors (Lipinski definition) is 10. The average molecular weight is 610 g/mol. The molecule has 1 fully saturated rings. The van der Waals surface area contributed by atoms with Crippen LogP contribution < -0.4 is 0 Å². The quantitative estimate of drug-likeness (QED) is 0.167. The second-order valence-corrected chi connectivity index (χ2v) is 10.5. The number of halogens is 6. The van der Waals surface area contributed by atoms with E-state index in [1.54, 1.807) is 0 Å². The fraction of sp³-hybridized carbons (Fsp3) is 1.00. The van der Waals surface area contributed by atoms with E-state index < -0.39 is 31.3 Å². The van der Waals surface area contributed by atoms with E-state index >= 15 is 0 Å². The van der Waals surface area contributed by atoms with E-state index in [2.05, 4.69) is 47.8 Å². The number of alkyl halides is 6. The van der Waals surface area contributed by atoms with Gasteiger partial charge in [-0.05, 0) is 67.2 Å². The van der Waals surface area contributed by atoms with Gasteiger partial charge in [0.2, 0.25) is 0 Å². The number of hydrogen-bond donors (Lipinski definition) is 0. The van der Waals surface area contributed by atoms with Gasteiger partial charge in [-0.1, -0.05) is 0 Å². The van der Waals surface area contributed by atoms with Crippen LogP contribution in [-0.2, 0) is 37.3 Å². The Morgan fingerprint density at radius 2 is 0.657 bits per heavy atom. The van der Waals surface area contributed by atoms with Crippen LogP contribution in [0.4, 0.5) is 26.3 Å². The van der Waals surface area contributed by atoms with Crippen molar-refractivity contribution in [1.82, 2.24) is 19.6 Å². The molecule has 1 saturated heterocycles. The van der Waals surface area contributed by atoms with Crippen molar-refractivity contribution in [3.05, 3.63) is 0 Å². The molecule has 1 aliphatic rings. The zero-order valence-electron chi connectivity index (χ0n) is 19.7. The second-order valence-electron chi connectivity index (χ2n) is 7.72.